The lowest BCUT2D eigenvalue weighted by Crippen LogP contribution is -2.39. The summed E-state index contributed by atoms with van der Waals surface area (Å²) in [5, 5.41) is 4.78. The fraction of sp³-hybridized carbons (Fsp3) is 0.174. The zero-order valence-electron chi connectivity index (χ0n) is 16.9. The van der Waals surface area contributed by atoms with Gasteiger partial charge < -0.3 is 0 Å². The SMILES string of the molecule is O=C1/C(=C\c2cn(-c3ccccc3)nc2-c2ccccc2)SC(=S)N1[C@@H]1CCS(=O)(=O)C1. The number of rotatable bonds is 4. The van der Waals surface area contributed by atoms with Gasteiger partial charge in [-0.1, -0.05) is 72.5 Å². The van der Waals surface area contributed by atoms with E-state index in [1.165, 1.54) is 16.7 Å². The average molecular weight is 482 g/mol. The summed E-state index contributed by atoms with van der Waals surface area (Å²) in [5.74, 6) is -0.183. The number of hydrogen-bond donors (Lipinski definition) is 0. The molecule has 0 N–H and O–H groups in total. The van der Waals surface area contributed by atoms with Crippen molar-refractivity contribution in [2.75, 3.05) is 11.5 Å². The van der Waals surface area contributed by atoms with Crippen LogP contribution in [0.2, 0.25) is 0 Å². The van der Waals surface area contributed by atoms with Crippen LogP contribution in [0.1, 0.15) is 12.0 Å². The van der Waals surface area contributed by atoms with E-state index in [-0.39, 0.29) is 23.5 Å². The number of sulfone groups is 1. The smallest absolute Gasteiger partial charge is 0.266 e. The average Bonchev–Trinajstić information content (AvgIpc) is 3.45. The van der Waals surface area contributed by atoms with Crippen molar-refractivity contribution < 1.29 is 13.2 Å². The van der Waals surface area contributed by atoms with E-state index in [9.17, 15) is 13.2 Å². The Labute approximate surface area is 195 Å². The minimum absolute atomic E-state index is 0.0338. The Morgan fingerprint density at radius 2 is 1.75 bits per heavy atom. The molecule has 1 amide bonds. The highest BCUT2D eigenvalue weighted by atomic mass is 32.2. The maximum absolute atomic E-state index is 13.2. The molecule has 0 bridgehead atoms. The molecule has 2 aliphatic heterocycles. The molecule has 9 heteroatoms. The fourth-order valence-corrected chi connectivity index (χ4v) is 7.03. The summed E-state index contributed by atoms with van der Waals surface area (Å²) >= 11 is 6.65. The summed E-state index contributed by atoms with van der Waals surface area (Å²) in [6.45, 7) is 0. The van der Waals surface area contributed by atoms with Gasteiger partial charge in [0.2, 0.25) is 0 Å². The quantitative estimate of drug-likeness (QED) is 0.415. The van der Waals surface area contributed by atoms with Gasteiger partial charge in [-0.05, 0) is 24.6 Å². The number of nitrogens with zero attached hydrogens (tertiary/aromatic N) is 3. The first-order valence-corrected chi connectivity index (χ1v) is 13.1. The van der Waals surface area contributed by atoms with Gasteiger partial charge >= 0.3 is 0 Å². The molecule has 2 aliphatic rings. The predicted molar refractivity (Wildman–Crippen MR) is 131 cm³/mol. The molecule has 6 nitrogen and oxygen atoms in total. The third kappa shape index (κ3) is 4.03. The van der Waals surface area contributed by atoms with Crippen LogP contribution in [0, 0.1) is 0 Å². The third-order valence-electron chi connectivity index (χ3n) is 5.49. The molecule has 3 aromatic rings. The number of hydrogen-bond acceptors (Lipinski definition) is 6. The first kappa shape index (κ1) is 21.1. The van der Waals surface area contributed by atoms with Gasteiger partial charge in [0, 0.05) is 17.3 Å². The Bertz CT molecular complexity index is 1330. The number of thioether (sulfide) groups is 1. The highest BCUT2D eigenvalue weighted by Gasteiger charge is 2.42. The van der Waals surface area contributed by atoms with Crippen LogP contribution in [-0.4, -0.2) is 50.9 Å². The molecule has 0 saturated carbocycles. The van der Waals surface area contributed by atoms with E-state index in [4.69, 9.17) is 17.3 Å². The van der Waals surface area contributed by atoms with Crippen LogP contribution in [0.25, 0.3) is 23.0 Å². The van der Waals surface area contributed by atoms with Gasteiger partial charge in [-0.15, -0.1) is 0 Å². The first-order valence-electron chi connectivity index (χ1n) is 10.1. The highest BCUT2D eigenvalue weighted by Crippen LogP contribution is 2.37. The lowest BCUT2D eigenvalue weighted by Gasteiger charge is -2.20. The molecule has 32 heavy (non-hydrogen) atoms. The minimum Gasteiger partial charge on any atom is -0.289 e. The number of aromatic nitrogens is 2. The van der Waals surface area contributed by atoms with Crippen LogP contribution >= 0.6 is 24.0 Å². The molecule has 162 valence electrons. The Hall–Kier alpha value is -2.75. The Morgan fingerprint density at radius 3 is 2.41 bits per heavy atom. The summed E-state index contributed by atoms with van der Waals surface area (Å²) in [6.07, 6.45) is 4.12. The number of carbonyl (C=O) groups excluding carboxylic acids is 1. The summed E-state index contributed by atoms with van der Waals surface area (Å²) in [5.41, 5.74) is 3.39. The van der Waals surface area contributed by atoms with Crippen LogP contribution in [0.4, 0.5) is 0 Å². The van der Waals surface area contributed by atoms with Crippen molar-refractivity contribution in [1.82, 2.24) is 14.7 Å². The van der Waals surface area contributed by atoms with E-state index in [1.807, 2.05) is 66.9 Å². The van der Waals surface area contributed by atoms with Gasteiger partial charge in [0.25, 0.3) is 5.91 Å². The molecule has 2 aromatic carbocycles. The molecular formula is C23H19N3O3S3. The van der Waals surface area contributed by atoms with E-state index in [0.717, 1.165) is 22.5 Å². The molecule has 0 aliphatic carbocycles. The van der Waals surface area contributed by atoms with Gasteiger partial charge in [-0.3, -0.25) is 9.69 Å². The lowest BCUT2D eigenvalue weighted by atomic mass is 10.1. The summed E-state index contributed by atoms with van der Waals surface area (Å²) in [7, 11) is -3.12. The standard InChI is InChI=1S/C23H19N3O3S3/c27-22-20(31-23(30)26(22)19-11-12-32(28,29)15-19)13-17-14-25(18-9-5-2-6-10-18)24-21(17)16-7-3-1-4-8-16/h1-10,13-14,19H,11-12,15H2/b20-13+/t19-/m1/s1. The molecule has 5 rings (SSSR count). The van der Waals surface area contributed by atoms with Gasteiger partial charge in [0.05, 0.1) is 33.8 Å². The van der Waals surface area contributed by atoms with Crippen molar-refractivity contribution >= 4 is 50.1 Å². The Kier molecular flexibility index (Phi) is 5.48. The normalized spacial score (nSPS) is 21.6. The largest absolute Gasteiger partial charge is 0.289 e. The molecule has 1 aromatic heterocycles. The monoisotopic (exact) mass is 481 g/mol. The topological polar surface area (TPSA) is 72.3 Å². The first-order chi connectivity index (χ1) is 15.4. The Morgan fingerprint density at radius 1 is 1.06 bits per heavy atom. The molecule has 3 heterocycles. The van der Waals surface area contributed by atoms with E-state index in [2.05, 4.69) is 0 Å². The molecule has 1 atom stereocenters. The second-order valence-corrected chi connectivity index (χ2v) is 11.6. The van der Waals surface area contributed by atoms with Crippen molar-refractivity contribution in [3.63, 3.8) is 0 Å². The summed E-state index contributed by atoms with van der Waals surface area (Å²) < 4.78 is 26.0. The van der Waals surface area contributed by atoms with Crippen molar-refractivity contribution in [2.45, 2.75) is 12.5 Å². The highest BCUT2D eigenvalue weighted by molar-refractivity contribution is 8.26. The van der Waals surface area contributed by atoms with Crippen molar-refractivity contribution in [1.29, 1.82) is 0 Å². The molecular weight excluding hydrogens is 462 g/mol. The van der Waals surface area contributed by atoms with Crippen LogP contribution in [0.5, 0.6) is 0 Å². The van der Waals surface area contributed by atoms with Gasteiger partial charge in [-0.2, -0.15) is 5.10 Å². The molecule has 2 saturated heterocycles. The predicted octanol–water partition coefficient (Wildman–Crippen LogP) is 3.93. The van der Waals surface area contributed by atoms with Crippen LogP contribution in [0.3, 0.4) is 0 Å². The van der Waals surface area contributed by atoms with E-state index in [0.29, 0.717) is 15.6 Å². The van der Waals surface area contributed by atoms with Crippen LogP contribution < -0.4 is 0 Å². The van der Waals surface area contributed by atoms with Crippen molar-refractivity contribution in [3.8, 4) is 16.9 Å². The molecule has 2 fully saturated rings. The number of para-hydroxylation sites is 1. The number of carbonyl (C=O) groups is 1. The van der Waals surface area contributed by atoms with Crippen molar-refractivity contribution in [3.05, 3.63) is 77.3 Å². The maximum atomic E-state index is 13.2. The lowest BCUT2D eigenvalue weighted by molar-refractivity contribution is -0.123. The van der Waals surface area contributed by atoms with E-state index >= 15 is 0 Å². The van der Waals surface area contributed by atoms with Gasteiger partial charge in [0.15, 0.2) is 9.84 Å². The van der Waals surface area contributed by atoms with Gasteiger partial charge in [0.1, 0.15) is 4.32 Å². The zero-order valence-corrected chi connectivity index (χ0v) is 19.4. The number of thiocarbonyl (C=S) groups is 1. The molecule has 0 spiro atoms. The summed E-state index contributed by atoms with van der Waals surface area (Å²) in [6, 6.07) is 19.2. The van der Waals surface area contributed by atoms with E-state index < -0.39 is 9.84 Å². The van der Waals surface area contributed by atoms with Crippen molar-refractivity contribution in [2.24, 2.45) is 0 Å². The molecule has 0 radical (unpaired) electrons. The third-order valence-corrected chi connectivity index (χ3v) is 8.57. The number of amides is 1. The molecule has 0 unspecified atom stereocenters. The van der Waals surface area contributed by atoms with Gasteiger partial charge in [-0.25, -0.2) is 13.1 Å². The fourth-order valence-electron chi connectivity index (χ4n) is 3.94. The second-order valence-electron chi connectivity index (χ2n) is 7.69. The zero-order chi connectivity index (χ0) is 22.3. The minimum atomic E-state index is -3.12. The number of benzene rings is 2. The van der Waals surface area contributed by atoms with Crippen LogP contribution in [0.15, 0.2) is 71.8 Å². The Balaban J connectivity index is 1.54. The van der Waals surface area contributed by atoms with E-state index in [1.54, 1.807) is 10.8 Å². The second kappa shape index (κ2) is 8.31. The summed E-state index contributed by atoms with van der Waals surface area (Å²) in [4.78, 5) is 15.1. The maximum Gasteiger partial charge on any atom is 0.266 e. The van der Waals surface area contributed by atoms with Crippen LogP contribution in [-0.2, 0) is 14.6 Å².